The Hall–Kier alpha value is -2.34. The Morgan fingerprint density at radius 2 is 1.39 bits per heavy atom. The molecule has 0 aromatic heterocycles. The normalized spacial score (nSPS) is 16.6. The van der Waals surface area contributed by atoms with E-state index in [1.54, 1.807) is 0 Å². The molecule has 0 amide bonds. The van der Waals surface area contributed by atoms with Crippen molar-refractivity contribution in [2.45, 2.75) is 34.2 Å². The van der Waals surface area contributed by atoms with Crippen LogP contribution in [-0.4, -0.2) is 71.2 Å². The molecule has 0 fully saturated rings. The molecule has 0 radical (unpaired) electrons. The minimum Gasteiger partial charge on any atom is -0.399 e. The predicted molar refractivity (Wildman–Crippen MR) is 102 cm³/mol. The van der Waals surface area contributed by atoms with E-state index >= 15 is 0 Å². The molecule has 0 aliphatic rings. The highest BCUT2D eigenvalue weighted by molar-refractivity contribution is 7.91. The molecule has 9 nitrogen and oxygen atoms in total. The molecule has 28 heavy (non-hydrogen) atoms. The lowest BCUT2D eigenvalue weighted by molar-refractivity contribution is -0.0999. The Morgan fingerprint density at radius 3 is 1.89 bits per heavy atom. The van der Waals surface area contributed by atoms with Crippen LogP contribution < -0.4 is 5.73 Å². The Bertz CT molecular complexity index is 899. The van der Waals surface area contributed by atoms with Crippen molar-refractivity contribution in [1.82, 2.24) is 0 Å². The number of aliphatic hydroxyl groups excluding tert-OH is 5. The summed E-state index contributed by atoms with van der Waals surface area (Å²) in [5.74, 6) is 0. The fraction of sp³-hybridized carbons (Fsp3) is 0.278. The zero-order valence-corrected chi connectivity index (χ0v) is 15.5. The Labute approximate surface area is 162 Å². The number of hydrogen-bond donors (Lipinski definition) is 6. The number of sulfone groups is 1. The maximum atomic E-state index is 12.6. The van der Waals surface area contributed by atoms with Gasteiger partial charge in [0.25, 0.3) is 0 Å². The van der Waals surface area contributed by atoms with Crippen LogP contribution >= 0.6 is 0 Å². The average molecular weight is 410 g/mol. The van der Waals surface area contributed by atoms with E-state index in [1.165, 1.54) is 48.5 Å². The maximum Gasteiger partial charge on any atom is 0.206 e. The van der Waals surface area contributed by atoms with Crippen LogP contribution in [0, 0.1) is 0 Å². The number of benzene rings is 2. The van der Waals surface area contributed by atoms with Gasteiger partial charge in [0.15, 0.2) is 0 Å². The fourth-order valence-electron chi connectivity index (χ4n) is 2.28. The van der Waals surface area contributed by atoms with E-state index in [4.69, 9.17) is 10.8 Å². The molecule has 7 N–H and O–H groups in total. The van der Waals surface area contributed by atoms with Crippen LogP contribution in [0.1, 0.15) is 0 Å². The summed E-state index contributed by atoms with van der Waals surface area (Å²) < 4.78 is 25.1. The van der Waals surface area contributed by atoms with Crippen molar-refractivity contribution in [3.63, 3.8) is 0 Å². The summed E-state index contributed by atoms with van der Waals surface area (Å²) in [6, 6.07) is 11.3. The topological polar surface area (TPSA) is 174 Å². The molecule has 4 unspecified atom stereocenters. The van der Waals surface area contributed by atoms with Gasteiger partial charge in [0, 0.05) is 11.9 Å². The van der Waals surface area contributed by atoms with E-state index < -0.39 is 40.9 Å². The van der Waals surface area contributed by atoms with E-state index in [2.05, 4.69) is 4.99 Å². The SMILES string of the molecule is Nc1ccc(S(=O)(=O)c2ccc(N=CC(O)C(O)C(O)C(O)CO)cc2)cc1. The quantitative estimate of drug-likeness (QED) is 0.243. The molecule has 0 aliphatic carbocycles. The first-order valence-electron chi connectivity index (χ1n) is 8.25. The van der Waals surface area contributed by atoms with Crippen LogP contribution in [-0.2, 0) is 9.84 Å². The van der Waals surface area contributed by atoms with Crippen molar-refractivity contribution in [1.29, 1.82) is 0 Å². The van der Waals surface area contributed by atoms with Crippen molar-refractivity contribution in [3.05, 3.63) is 48.5 Å². The highest BCUT2D eigenvalue weighted by atomic mass is 32.2. The number of nitrogen functional groups attached to an aromatic ring is 1. The molecular weight excluding hydrogens is 388 g/mol. The van der Waals surface area contributed by atoms with E-state index in [0.29, 0.717) is 11.4 Å². The molecule has 10 heteroatoms. The number of rotatable bonds is 8. The van der Waals surface area contributed by atoms with Gasteiger partial charge >= 0.3 is 0 Å². The minimum absolute atomic E-state index is 0.0401. The average Bonchev–Trinajstić information content (AvgIpc) is 2.70. The number of aliphatic hydroxyl groups is 5. The first-order valence-corrected chi connectivity index (χ1v) is 9.73. The van der Waals surface area contributed by atoms with E-state index in [9.17, 15) is 28.8 Å². The predicted octanol–water partition coefficient (Wildman–Crippen LogP) is -0.760. The number of anilines is 1. The van der Waals surface area contributed by atoms with Crippen LogP contribution in [0.4, 0.5) is 11.4 Å². The van der Waals surface area contributed by atoms with Gasteiger partial charge in [-0.15, -0.1) is 0 Å². The lowest BCUT2D eigenvalue weighted by Gasteiger charge is -2.23. The van der Waals surface area contributed by atoms with Gasteiger partial charge in [-0.1, -0.05) is 0 Å². The van der Waals surface area contributed by atoms with Crippen LogP contribution in [0.25, 0.3) is 0 Å². The zero-order valence-electron chi connectivity index (χ0n) is 14.7. The van der Waals surface area contributed by atoms with Gasteiger partial charge in [0.1, 0.15) is 24.4 Å². The van der Waals surface area contributed by atoms with E-state index in [-0.39, 0.29) is 9.79 Å². The van der Waals surface area contributed by atoms with Gasteiger partial charge in [-0.3, -0.25) is 4.99 Å². The molecule has 2 aromatic carbocycles. The third-order valence-corrected chi connectivity index (χ3v) is 5.78. The lowest BCUT2D eigenvalue weighted by atomic mass is 10.0. The summed E-state index contributed by atoms with van der Waals surface area (Å²) >= 11 is 0. The highest BCUT2D eigenvalue weighted by Crippen LogP contribution is 2.24. The van der Waals surface area contributed by atoms with Gasteiger partial charge < -0.3 is 31.3 Å². The van der Waals surface area contributed by atoms with Crippen LogP contribution in [0.2, 0.25) is 0 Å². The molecule has 0 saturated heterocycles. The third-order valence-electron chi connectivity index (χ3n) is 3.99. The second-order valence-electron chi connectivity index (χ2n) is 6.07. The van der Waals surface area contributed by atoms with Gasteiger partial charge in [-0.25, -0.2) is 8.42 Å². The van der Waals surface area contributed by atoms with Crippen molar-refractivity contribution < 1.29 is 34.0 Å². The van der Waals surface area contributed by atoms with Crippen LogP contribution in [0.15, 0.2) is 63.3 Å². The van der Waals surface area contributed by atoms with Gasteiger partial charge in [0.05, 0.1) is 22.1 Å². The minimum atomic E-state index is -3.72. The molecule has 0 saturated carbocycles. The van der Waals surface area contributed by atoms with Crippen molar-refractivity contribution in [2.75, 3.05) is 12.3 Å². The summed E-state index contributed by atoms with van der Waals surface area (Å²) in [7, 11) is -3.72. The second kappa shape index (κ2) is 9.24. The van der Waals surface area contributed by atoms with Crippen molar-refractivity contribution >= 4 is 27.4 Å². The maximum absolute atomic E-state index is 12.6. The van der Waals surface area contributed by atoms with Crippen LogP contribution in [0.5, 0.6) is 0 Å². The first kappa shape index (κ1) is 22.0. The molecule has 0 bridgehead atoms. The molecule has 152 valence electrons. The summed E-state index contributed by atoms with van der Waals surface area (Å²) in [5, 5.41) is 47.1. The summed E-state index contributed by atoms with van der Waals surface area (Å²) in [6.07, 6.45) is -5.83. The Kier molecular flexibility index (Phi) is 7.24. The zero-order chi connectivity index (χ0) is 20.9. The summed E-state index contributed by atoms with van der Waals surface area (Å²) in [6.45, 7) is -0.786. The number of hydrogen-bond acceptors (Lipinski definition) is 9. The summed E-state index contributed by atoms with van der Waals surface area (Å²) in [4.78, 5) is 4.03. The number of aliphatic imine (C=N–C) groups is 1. The molecule has 4 atom stereocenters. The third kappa shape index (κ3) is 5.13. The standard InChI is InChI=1S/C18H22N2O7S/c19-11-1-5-13(6-2-11)28(26,27)14-7-3-12(4-8-14)20-9-15(22)17(24)18(25)16(23)10-21/h1-9,15-18,21-25H,10,19H2. The Morgan fingerprint density at radius 1 is 0.893 bits per heavy atom. The molecule has 2 aromatic rings. The molecule has 2 rings (SSSR count). The highest BCUT2D eigenvalue weighted by Gasteiger charge is 2.29. The molecular formula is C18H22N2O7S. The van der Waals surface area contributed by atoms with E-state index in [0.717, 1.165) is 6.21 Å². The van der Waals surface area contributed by atoms with Crippen molar-refractivity contribution in [3.8, 4) is 0 Å². The molecule has 0 spiro atoms. The molecule has 0 heterocycles. The van der Waals surface area contributed by atoms with E-state index in [1.807, 2.05) is 0 Å². The number of nitrogens with zero attached hydrogens (tertiary/aromatic N) is 1. The monoisotopic (exact) mass is 410 g/mol. The van der Waals surface area contributed by atoms with Crippen LogP contribution in [0.3, 0.4) is 0 Å². The Balaban J connectivity index is 2.12. The second-order valence-corrected chi connectivity index (χ2v) is 8.02. The lowest BCUT2D eigenvalue weighted by Crippen LogP contribution is -2.46. The largest absolute Gasteiger partial charge is 0.399 e. The molecule has 0 aliphatic heterocycles. The van der Waals surface area contributed by atoms with Gasteiger partial charge in [0.2, 0.25) is 9.84 Å². The number of nitrogens with two attached hydrogens (primary N) is 1. The fourth-order valence-corrected chi connectivity index (χ4v) is 3.54. The van der Waals surface area contributed by atoms with Gasteiger partial charge in [-0.05, 0) is 48.5 Å². The van der Waals surface area contributed by atoms with Crippen molar-refractivity contribution in [2.24, 2.45) is 4.99 Å². The smallest absolute Gasteiger partial charge is 0.206 e. The first-order chi connectivity index (χ1) is 13.2. The summed E-state index contributed by atoms with van der Waals surface area (Å²) in [5.41, 5.74) is 6.30. The van der Waals surface area contributed by atoms with Gasteiger partial charge in [-0.2, -0.15) is 0 Å².